The smallest absolute Gasteiger partial charge is 0.491 e. The topological polar surface area (TPSA) is 83.7 Å². The third-order valence-corrected chi connectivity index (χ3v) is 2.21. The van der Waals surface area contributed by atoms with E-state index in [1.54, 1.807) is 6.92 Å². The molecule has 0 amide bonds. The number of aromatic nitrogens is 1. The monoisotopic (exact) mass is 294 g/mol. The molecule has 6 nitrogen and oxygen atoms in total. The molecular weight excluding hydrogens is 281 g/mol. The maximum absolute atomic E-state index is 12.4. The first-order valence-electron chi connectivity index (χ1n) is 5.52. The van der Waals surface area contributed by atoms with Gasteiger partial charge in [-0.15, -0.1) is 13.2 Å². The van der Waals surface area contributed by atoms with E-state index in [2.05, 4.69) is 9.72 Å². The lowest BCUT2D eigenvalue weighted by molar-refractivity contribution is -0.275. The number of carbonyl (C=O) groups excluding carboxylic acids is 1. The van der Waals surface area contributed by atoms with Crippen molar-refractivity contribution in [1.29, 1.82) is 0 Å². The van der Waals surface area contributed by atoms with Crippen LogP contribution in [0.2, 0.25) is 0 Å². The van der Waals surface area contributed by atoms with Crippen LogP contribution in [-0.2, 0) is 11.3 Å². The minimum atomic E-state index is -4.95. The second kappa shape index (κ2) is 6.42. The van der Waals surface area contributed by atoms with Gasteiger partial charge in [0, 0.05) is 12.1 Å². The van der Waals surface area contributed by atoms with Gasteiger partial charge in [-0.1, -0.05) is 0 Å². The van der Waals surface area contributed by atoms with E-state index in [1.807, 2.05) is 0 Å². The molecule has 1 aromatic rings. The second-order valence-corrected chi connectivity index (χ2v) is 3.46. The predicted octanol–water partition coefficient (Wildman–Crippen LogP) is 1.62. The van der Waals surface area contributed by atoms with Crippen molar-refractivity contribution in [3.63, 3.8) is 0 Å². The van der Waals surface area contributed by atoms with Crippen LogP contribution in [-0.4, -0.2) is 31.0 Å². The molecule has 20 heavy (non-hydrogen) atoms. The largest absolute Gasteiger partial charge is 0.573 e. The van der Waals surface area contributed by atoms with Crippen molar-refractivity contribution >= 4 is 5.97 Å². The molecule has 0 fully saturated rings. The Morgan fingerprint density at radius 2 is 2.10 bits per heavy atom. The Bertz CT molecular complexity index is 491. The maximum atomic E-state index is 12.4. The van der Waals surface area contributed by atoms with E-state index in [9.17, 15) is 18.0 Å². The quantitative estimate of drug-likeness (QED) is 0.831. The Morgan fingerprint density at radius 1 is 1.45 bits per heavy atom. The van der Waals surface area contributed by atoms with Gasteiger partial charge in [-0.25, -0.2) is 9.78 Å². The molecule has 2 N–H and O–H groups in total. The van der Waals surface area contributed by atoms with E-state index in [4.69, 9.17) is 15.2 Å². The number of methoxy groups -OCH3 is 1. The number of nitrogens with zero attached hydrogens (tertiary/aromatic N) is 1. The summed E-state index contributed by atoms with van der Waals surface area (Å²) in [6, 6.07) is 0. The molecule has 0 unspecified atom stereocenters. The minimum Gasteiger partial charge on any atom is -0.491 e. The van der Waals surface area contributed by atoms with Gasteiger partial charge in [0.25, 0.3) is 0 Å². The van der Waals surface area contributed by atoms with Crippen molar-refractivity contribution in [2.45, 2.75) is 19.8 Å². The van der Waals surface area contributed by atoms with Crippen LogP contribution in [0.25, 0.3) is 0 Å². The lowest BCUT2D eigenvalue weighted by atomic mass is 10.1. The van der Waals surface area contributed by atoms with Gasteiger partial charge in [0.05, 0.1) is 19.9 Å². The van der Waals surface area contributed by atoms with Gasteiger partial charge in [0.2, 0.25) is 0 Å². The normalized spacial score (nSPS) is 11.1. The molecule has 1 aromatic heterocycles. The highest BCUT2D eigenvalue weighted by Gasteiger charge is 2.35. The zero-order valence-corrected chi connectivity index (χ0v) is 10.8. The molecule has 0 aromatic carbocycles. The Morgan fingerprint density at radius 3 is 2.55 bits per heavy atom. The summed E-state index contributed by atoms with van der Waals surface area (Å²) >= 11 is 0. The van der Waals surface area contributed by atoms with Crippen molar-refractivity contribution in [2.24, 2.45) is 5.73 Å². The molecule has 0 aliphatic carbocycles. The number of halogens is 3. The molecule has 9 heteroatoms. The molecule has 0 aliphatic rings. The van der Waals surface area contributed by atoms with Crippen LogP contribution in [0.15, 0.2) is 6.20 Å². The van der Waals surface area contributed by atoms with Crippen LogP contribution >= 0.6 is 0 Å². The molecule has 0 spiro atoms. The third-order valence-electron chi connectivity index (χ3n) is 2.21. The van der Waals surface area contributed by atoms with E-state index in [0.717, 1.165) is 13.3 Å². The Balaban J connectivity index is 3.36. The standard InChI is InChI=1S/C11H13F3N2O4/c1-3-19-10(17)8-6(4-15)9(20-11(12,13)14)7(18-2)5-16-8/h5H,3-4,15H2,1-2H3. The minimum absolute atomic E-state index is 0.0476. The molecule has 0 saturated carbocycles. The van der Waals surface area contributed by atoms with Gasteiger partial charge in [-0.2, -0.15) is 0 Å². The first-order valence-corrected chi connectivity index (χ1v) is 5.52. The van der Waals surface area contributed by atoms with Crippen LogP contribution in [0.5, 0.6) is 11.5 Å². The summed E-state index contributed by atoms with van der Waals surface area (Å²) in [7, 11) is 1.14. The van der Waals surface area contributed by atoms with Gasteiger partial charge in [-0.05, 0) is 6.92 Å². The highest BCUT2D eigenvalue weighted by atomic mass is 19.4. The first kappa shape index (κ1) is 16.0. The molecule has 1 rings (SSSR count). The summed E-state index contributed by atoms with van der Waals surface area (Å²) in [5, 5.41) is 0. The summed E-state index contributed by atoms with van der Waals surface area (Å²) < 4.78 is 50.5. The number of ether oxygens (including phenoxy) is 3. The van der Waals surface area contributed by atoms with Crippen molar-refractivity contribution in [2.75, 3.05) is 13.7 Å². The van der Waals surface area contributed by atoms with E-state index >= 15 is 0 Å². The van der Waals surface area contributed by atoms with Gasteiger partial charge < -0.3 is 19.9 Å². The first-order chi connectivity index (χ1) is 9.34. The summed E-state index contributed by atoms with van der Waals surface area (Å²) in [6.45, 7) is 1.20. The number of carbonyl (C=O) groups is 1. The zero-order valence-electron chi connectivity index (χ0n) is 10.8. The summed E-state index contributed by atoms with van der Waals surface area (Å²) in [4.78, 5) is 15.3. The van der Waals surface area contributed by atoms with E-state index < -0.39 is 24.6 Å². The summed E-state index contributed by atoms with van der Waals surface area (Å²) in [5.41, 5.74) is 4.80. The Hall–Kier alpha value is -2.03. The van der Waals surface area contributed by atoms with E-state index in [0.29, 0.717) is 0 Å². The fourth-order valence-electron chi connectivity index (χ4n) is 1.45. The lowest BCUT2D eigenvalue weighted by Crippen LogP contribution is -2.22. The third kappa shape index (κ3) is 3.73. The molecule has 1 heterocycles. The van der Waals surface area contributed by atoms with Crippen LogP contribution < -0.4 is 15.2 Å². The second-order valence-electron chi connectivity index (χ2n) is 3.46. The van der Waals surface area contributed by atoms with Crippen LogP contribution in [0, 0.1) is 0 Å². The van der Waals surface area contributed by atoms with Crippen LogP contribution in [0.1, 0.15) is 23.0 Å². The van der Waals surface area contributed by atoms with Gasteiger partial charge >= 0.3 is 12.3 Å². The molecule has 0 aliphatic heterocycles. The van der Waals surface area contributed by atoms with Crippen molar-refractivity contribution in [3.05, 3.63) is 17.5 Å². The number of hydrogen-bond donors (Lipinski definition) is 1. The van der Waals surface area contributed by atoms with Crippen LogP contribution in [0.4, 0.5) is 13.2 Å². The molecule has 0 saturated heterocycles. The zero-order chi connectivity index (χ0) is 15.3. The number of esters is 1. The van der Waals surface area contributed by atoms with Crippen LogP contribution in [0.3, 0.4) is 0 Å². The van der Waals surface area contributed by atoms with Gasteiger partial charge in [0.1, 0.15) is 0 Å². The highest BCUT2D eigenvalue weighted by molar-refractivity contribution is 5.90. The van der Waals surface area contributed by atoms with E-state index in [1.165, 1.54) is 0 Å². The van der Waals surface area contributed by atoms with Gasteiger partial charge in [0.15, 0.2) is 17.2 Å². The fourth-order valence-corrected chi connectivity index (χ4v) is 1.45. The highest BCUT2D eigenvalue weighted by Crippen LogP contribution is 2.36. The number of hydrogen-bond acceptors (Lipinski definition) is 6. The summed E-state index contributed by atoms with van der Waals surface area (Å²) in [5.74, 6) is -1.86. The fraction of sp³-hybridized carbons (Fsp3) is 0.455. The lowest BCUT2D eigenvalue weighted by Gasteiger charge is -2.17. The number of alkyl halides is 3. The van der Waals surface area contributed by atoms with Gasteiger partial charge in [-0.3, -0.25) is 0 Å². The molecular formula is C11H13F3N2O4. The SMILES string of the molecule is CCOC(=O)c1ncc(OC)c(OC(F)(F)F)c1CN. The number of nitrogens with two attached hydrogens (primary N) is 1. The van der Waals surface area contributed by atoms with Crippen molar-refractivity contribution in [1.82, 2.24) is 4.98 Å². The summed E-state index contributed by atoms with van der Waals surface area (Å²) in [6.07, 6.45) is -4.02. The molecule has 0 bridgehead atoms. The predicted molar refractivity (Wildman–Crippen MR) is 61.3 cm³/mol. The number of rotatable bonds is 5. The van der Waals surface area contributed by atoms with Crippen molar-refractivity contribution < 1.29 is 32.2 Å². The number of pyridine rings is 1. The Kier molecular flexibility index (Phi) is 5.14. The maximum Gasteiger partial charge on any atom is 0.573 e. The molecule has 112 valence electrons. The average molecular weight is 294 g/mol. The van der Waals surface area contributed by atoms with E-state index in [-0.39, 0.29) is 23.6 Å². The Labute approximate surface area is 112 Å². The average Bonchev–Trinajstić information content (AvgIpc) is 2.36. The molecule has 0 atom stereocenters. The molecule has 0 radical (unpaired) electrons. The van der Waals surface area contributed by atoms with Crippen molar-refractivity contribution in [3.8, 4) is 11.5 Å².